The molecule has 2 aliphatic rings. The molecule has 1 aliphatic heterocycles. The topological polar surface area (TPSA) is 67.5 Å². The number of morpholine rings is 1. The lowest BCUT2D eigenvalue weighted by molar-refractivity contribution is -0.0373. The van der Waals surface area contributed by atoms with Crippen LogP contribution in [0, 0.1) is 11.6 Å². The molecule has 34 heavy (non-hydrogen) atoms. The van der Waals surface area contributed by atoms with Crippen LogP contribution in [-0.2, 0) is 17.6 Å². The van der Waals surface area contributed by atoms with Gasteiger partial charge < -0.3 is 14.4 Å². The summed E-state index contributed by atoms with van der Waals surface area (Å²) in [6.45, 7) is 5.45. The van der Waals surface area contributed by atoms with Gasteiger partial charge in [-0.05, 0) is 78.0 Å². The molecule has 0 radical (unpaired) electrons. The van der Waals surface area contributed by atoms with Crippen molar-refractivity contribution in [2.45, 2.75) is 32.2 Å². The molecule has 1 aromatic heterocycles. The summed E-state index contributed by atoms with van der Waals surface area (Å²) in [5.74, 6) is -0.978. The van der Waals surface area contributed by atoms with Gasteiger partial charge in [0.05, 0.1) is 36.0 Å². The number of methoxy groups -OCH3 is 1. The molecule has 0 saturated carbocycles. The van der Waals surface area contributed by atoms with Crippen LogP contribution in [0.4, 0.5) is 8.78 Å². The van der Waals surface area contributed by atoms with Crippen molar-refractivity contribution in [3.8, 4) is 28.1 Å². The Labute approximate surface area is 204 Å². The van der Waals surface area contributed by atoms with E-state index in [0.29, 0.717) is 60.9 Å². The summed E-state index contributed by atoms with van der Waals surface area (Å²) in [6, 6.07) is 6.25. The summed E-state index contributed by atoms with van der Waals surface area (Å²) in [5.41, 5.74) is 4.31. The maximum atomic E-state index is 14.3. The van der Waals surface area contributed by atoms with Gasteiger partial charge in [-0.1, -0.05) is 0 Å². The first kappa shape index (κ1) is 23.0. The second kappa shape index (κ2) is 8.46. The summed E-state index contributed by atoms with van der Waals surface area (Å²) in [5, 5.41) is 7.47. The Morgan fingerprint density at radius 2 is 1.91 bits per heavy atom. The smallest absolute Gasteiger partial charge is 0.272 e. The number of nitrogens with zero attached hydrogens (tertiary/aromatic N) is 2. The summed E-state index contributed by atoms with van der Waals surface area (Å²) in [7, 11) is 1.53. The number of nitrogens with one attached hydrogen (secondary N) is 1. The molecule has 1 saturated heterocycles. The Balaban J connectivity index is 1.59. The molecular weight excluding hydrogens is 508 g/mol. The third kappa shape index (κ3) is 3.71. The highest BCUT2D eigenvalue weighted by atomic mass is 79.9. The Hall–Kier alpha value is -2.78. The lowest BCUT2D eigenvalue weighted by Gasteiger charge is -2.42. The molecule has 2 heterocycles. The number of H-pyrrole nitrogens is 1. The van der Waals surface area contributed by atoms with Gasteiger partial charge in [0, 0.05) is 23.2 Å². The maximum absolute atomic E-state index is 14.3. The number of aryl methyl sites for hydroxylation is 1. The minimum Gasteiger partial charge on any atom is -0.496 e. The number of carbonyl (C=O) groups is 1. The minimum absolute atomic E-state index is 0.101. The Kier molecular flexibility index (Phi) is 5.72. The van der Waals surface area contributed by atoms with E-state index in [1.54, 1.807) is 0 Å². The molecule has 1 amide bonds. The third-order valence-corrected chi connectivity index (χ3v) is 7.35. The van der Waals surface area contributed by atoms with Crippen LogP contribution in [-0.4, -0.2) is 53.4 Å². The average molecular weight is 532 g/mol. The Morgan fingerprint density at radius 3 is 2.59 bits per heavy atom. The molecule has 5 rings (SSSR count). The number of amides is 1. The van der Waals surface area contributed by atoms with Crippen LogP contribution in [0.1, 0.15) is 35.5 Å². The first-order chi connectivity index (χ1) is 16.2. The highest BCUT2D eigenvalue weighted by molar-refractivity contribution is 9.10. The van der Waals surface area contributed by atoms with Gasteiger partial charge in [0.25, 0.3) is 5.91 Å². The summed E-state index contributed by atoms with van der Waals surface area (Å²) >= 11 is 2.92. The minimum atomic E-state index is -0.698. The maximum Gasteiger partial charge on any atom is 0.272 e. The number of hydrogen-bond donors (Lipinski definition) is 1. The van der Waals surface area contributed by atoms with E-state index in [1.165, 1.54) is 19.2 Å². The van der Waals surface area contributed by atoms with E-state index in [1.807, 2.05) is 30.9 Å². The van der Waals surface area contributed by atoms with Crippen molar-refractivity contribution in [3.63, 3.8) is 0 Å². The van der Waals surface area contributed by atoms with Crippen LogP contribution in [0.2, 0.25) is 0 Å². The lowest BCUT2D eigenvalue weighted by atomic mass is 9.86. The fraction of sp³-hybridized carbons (Fsp3) is 0.360. The number of aromatic amines is 1. The van der Waals surface area contributed by atoms with E-state index in [2.05, 4.69) is 26.1 Å². The number of aromatic nitrogens is 2. The van der Waals surface area contributed by atoms with Crippen molar-refractivity contribution in [3.05, 3.63) is 57.2 Å². The van der Waals surface area contributed by atoms with Crippen molar-refractivity contribution in [1.29, 1.82) is 0 Å². The summed E-state index contributed by atoms with van der Waals surface area (Å²) in [4.78, 5) is 15.3. The van der Waals surface area contributed by atoms with Crippen LogP contribution in [0.15, 0.2) is 28.7 Å². The number of fused-ring (bicyclic) bond motifs is 3. The fourth-order valence-electron chi connectivity index (χ4n) is 4.79. The summed E-state index contributed by atoms with van der Waals surface area (Å²) in [6.07, 6.45) is 1.34. The zero-order chi connectivity index (χ0) is 24.2. The molecule has 1 aliphatic carbocycles. The molecule has 2 aromatic carbocycles. The molecule has 0 unspecified atom stereocenters. The molecule has 9 heteroatoms. The first-order valence-electron chi connectivity index (χ1n) is 11.0. The van der Waals surface area contributed by atoms with Crippen LogP contribution in [0.3, 0.4) is 0 Å². The van der Waals surface area contributed by atoms with Gasteiger partial charge in [-0.2, -0.15) is 5.10 Å². The van der Waals surface area contributed by atoms with Crippen molar-refractivity contribution in [1.82, 2.24) is 15.1 Å². The standard InChI is InChI=1S/C25H24BrF2N3O3/c1-25(2)12-34-7-6-31(25)24(32)23-15-5-4-13-10-20(33-3)16(11-17(13)22(15)29-30-23)14-8-18(27)21(26)19(28)9-14/h8-11H,4-7,12H2,1-3H3,(H,29,30). The number of benzene rings is 2. The molecule has 0 bridgehead atoms. The summed E-state index contributed by atoms with van der Waals surface area (Å²) < 4.78 is 39.4. The van der Waals surface area contributed by atoms with Crippen LogP contribution < -0.4 is 4.74 Å². The molecule has 0 atom stereocenters. The quantitative estimate of drug-likeness (QED) is 0.475. The molecular formula is C25H24BrF2N3O3. The van der Waals surface area contributed by atoms with Gasteiger partial charge >= 0.3 is 0 Å². The van der Waals surface area contributed by atoms with Gasteiger partial charge in [0.1, 0.15) is 23.1 Å². The highest BCUT2D eigenvalue weighted by Gasteiger charge is 2.37. The van der Waals surface area contributed by atoms with E-state index in [0.717, 1.165) is 16.7 Å². The normalized spacial score (nSPS) is 16.7. The van der Waals surface area contributed by atoms with E-state index in [-0.39, 0.29) is 10.4 Å². The lowest BCUT2D eigenvalue weighted by Crippen LogP contribution is -2.55. The van der Waals surface area contributed by atoms with Crippen molar-refractivity contribution in [2.24, 2.45) is 0 Å². The van der Waals surface area contributed by atoms with Crippen LogP contribution in [0.25, 0.3) is 22.4 Å². The van der Waals surface area contributed by atoms with E-state index in [9.17, 15) is 13.6 Å². The number of rotatable bonds is 3. The second-order valence-electron chi connectivity index (χ2n) is 9.21. The average Bonchev–Trinajstić information content (AvgIpc) is 3.25. The molecule has 178 valence electrons. The zero-order valence-corrected chi connectivity index (χ0v) is 20.7. The fourth-order valence-corrected chi connectivity index (χ4v) is 5.02. The molecule has 0 spiro atoms. The predicted octanol–water partition coefficient (Wildman–Crippen LogP) is 5.14. The van der Waals surface area contributed by atoms with Crippen molar-refractivity contribution < 1.29 is 23.0 Å². The molecule has 1 fully saturated rings. The predicted molar refractivity (Wildman–Crippen MR) is 127 cm³/mol. The van der Waals surface area contributed by atoms with E-state index in [4.69, 9.17) is 9.47 Å². The first-order valence-corrected chi connectivity index (χ1v) is 11.8. The number of ether oxygens (including phenoxy) is 2. The van der Waals surface area contributed by atoms with Crippen LogP contribution in [0.5, 0.6) is 5.75 Å². The van der Waals surface area contributed by atoms with E-state index < -0.39 is 17.2 Å². The molecule has 6 nitrogen and oxygen atoms in total. The third-order valence-electron chi connectivity index (χ3n) is 6.59. The number of carbonyl (C=O) groups excluding carboxylic acids is 1. The number of halogens is 3. The van der Waals surface area contributed by atoms with Gasteiger partial charge in [0.2, 0.25) is 0 Å². The van der Waals surface area contributed by atoms with Crippen molar-refractivity contribution >= 4 is 21.8 Å². The number of hydrogen-bond acceptors (Lipinski definition) is 4. The van der Waals surface area contributed by atoms with Gasteiger partial charge in [-0.3, -0.25) is 9.89 Å². The highest BCUT2D eigenvalue weighted by Crippen LogP contribution is 2.42. The van der Waals surface area contributed by atoms with E-state index >= 15 is 0 Å². The SMILES string of the molecule is COc1cc2c(cc1-c1cc(F)c(Br)c(F)c1)-c1n[nH]c(C(=O)N3CCOCC3(C)C)c1CC2. The van der Waals surface area contributed by atoms with Gasteiger partial charge in [-0.15, -0.1) is 0 Å². The largest absolute Gasteiger partial charge is 0.496 e. The van der Waals surface area contributed by atoms with Gasteiger partial charge in [0.15, 0.2) is 0 Å². The monoisotopic (exact) mass is 531 g/mol. The zero-order valence-electron chi connectivity index (χ0n) is 19.1. The Morgan fingerprint density at radius 1 is 1.18 bits per heavy atom. The van der Waals surface area contributed by atoms with Gasteiger partial charge in [-0.25, -0.2) is 8.78 Å². The molecule has 1 N–H and O–H groups in total. The second-order valence-corrected chi connectivity index (χ2v) is 10.0. The molecule has 3 aromatic rings. The van der Waals surface area contributed by atoms with Crippen molar-refractivity contribution in [2.75, 3.05) is 26.9 Å². The Bertz CT molecular complexity index is 1280. The van der Waals surface area contributed by atoms with Crippen LogP contribution >= 0.6 is 15.9 Å².